The van der Waals surface area contributed by atoms with Gasteiger partial charge in [-0.15, -0.1) is 0 Å². The molecule has 60 valence electrons. The summed E-state index contributed by atoms with van der Waals surface area (Å²) in [5.74, 6) is 0. The summed E-state index contributed by atoms with van der Waals surface area (Å²) in [5, 5.41) is 0. The molecule has 0 amide bonds. The fourth-order valence-electron chi connectivity index (χ4n) is 0.694. The highest BCUT2D eigenvalue weighted by Crippen LogP contribution is 2.11. The van der Waals surface area contributed by atoms with E-state index in [4.69, 9.17) is 0 Å². The van der Waals surface area contributed by atoms with Gasteiger partial charge in [0.25, 0.3) is 0 Å². The first kappa shape index (κ1) is 7.91. The predicted octanol–water partition coefficient (Wildman–Crippen LogP) is 1.15. The van der Waals surface area contributed by atoms with E-state index >= 15 is 0 Å². The van der Waals surface area contributed by atoms with Gasteiger partial charge in [0.1, 0.15) is 6.29 Å². The molecule has 1 aromatic heterocycles. The Hall–Kier alpha value is -1.20. The molecule has 2 nitrogen and oxygen atoms in total. The van der Waals surface area contributed by atoms with Gasteiger partial charge in [-0.25, -0.2) is 0 Å². The largest absolute Gasteiger partial charge is 0.545 e. The van der Waals surface area contributed by atoms with Gasteiger partial charge in [0.15, 0.2) is 0 Å². The molecule has 1 rings (SSSR count). The summed E-state index contributed by atoms with van der Waals surface area (Å²) in [6.07, 6.45) is 0.961. The van der Waals surface area contributed by atoms with E-state index in [9.17, 15) is 17.7 Å². The van der Waals surface area contributed by atoms with Crippen LogP contribution in [0.3, 0.4) is 0 Å². The zero-order chi connectivity index (χ0) is 8.48. The Morgan fingerprint density at radius 3 is 2.45 bits per heavy atom. The summed E-state index contributed by atoms with van der Waals surface area (Å²) in [7, 11) is 0. The van der Waals surface area contributed by atoms with Crippen molar-refractivity contribution in [3.05, 3.63) is 17.9 Å². The molecule has 0 spiro atoms. The van der Waals surface area contributed by atoms with Crippen molar-refractivity contribution in [2.45, 2.75) is 0 Å². The Balaban J connectivity index is 3.12. The van der Waals surface area contributed by atoms with Crippen LogP contribution in [-0.2, 0) is 0 Å². The number of hydrogen-bond acceptors (Lipinski definition) is 2. The van der Waals surface area contributed by atoms with E-state index in [1.165, 1.54) is 0 Å². The molecule has 0 aromatic carbocycles. The van der Waals surface area contributed by atoms with Crippen LogP contribution in [0.1, 0.15) is 10.4 Å². The maximum Gasteiger partial charge on any atom is 0.545 e. The highest BCUT2D eigenvalue weighted by atomic mass is 19.4. The minimum Gasteiger partial charge on any atom is -0.500 e. The Kier molecular flexibility index (Phi) is 1.76. The van der Waals surface area contributed by atoms with Crippen molar-refractivity contribution in [2.24, 2.45) is 0 Å². The molecule has 1 heterocycles. The van der Waals surface area contributed by atoms with Crippen LogP contribution in [0.25, 0.3) is 0 Å². The normalized spacial score (nSPS) is 11.5. The van der Waals surface area contributed by atoms with Gasteiger partial charge in [0.2, 0.25) is 0 Å². The number of hydrogen-bond donors (Lipinski definition) is 0. The van der Waals surface area contributed by atoms with Gasteiger partial charge in [0, 0.05) is 5.56 Å². The van der Waals surface area contributed by atoms with Crippen molar-refractivity contribution >= 4 is 18.9 Å². The highest BCUT2D eigenvalue weighted by molar-refractivity contribution is 6.73. The molecule has 1 aromatic rings. The number of furan rings is 1. The second kappa shape index (κ2) is 2.45. The Morgan fingerprint density at radius 2 is 2.09 bits per heavy atom. The van der Waals surface area contributed by atoms with Crippen molar-refractivity contribution in [3.8, 4) is 0 Å². The van der Waals surface area contributed by atoms with E-state index in [0.29, 0.717) is 0 Å². The van der Waals surface area contributed by atoms with Crippen LogP contribution < -0.4 is 5.66 Å². The molecule has 0 aliphatic rings. The summed E-state index contributed by atoms with van der Waals surface area (Å²) >= 11 is 0. The summed E-state index contributed by atoms with van der Waals surface area (Å²) in [4.78, 5) is 9.99. The monoisotopic (exact) mass is 163 g/mol. The fraction of sp³-hybridized carbons (Fsp3) is 0. The summed E-state index contributed by atoms with van der Waals surface area (Å²) < 4.78 is 39.7. The van der Waals surface area contributed by atoms with Gasteiger partial charge in [-0.1, -0.05) is 0 Å². The van der Waals surface area contributed by atoms with E-state index in [0.717, 1.165) is 12.3 Å². The Morgan fingerprint density at radius 1 is 1.45 bits per heavy atom. The van der Waals surface area contributed by atoms with Gasteiger partial charge in [-0.05, 0) is 6.07 Å². The zero-order valence-corrected chi connectivity index (χ0v) is 5.26. The summed E-state index contributed by atoms with van der Waals surface area (Å²) in [5.41, 5.74) is -1.63. The topological polar surface area (TPSA) is 30.2 Å². The molecule has 0 saturated carbocycles. The molecule has 0 aliphatic heterocycles. The summed E-state index contributed by atoms with van der Waals surface area (Å²) in [6.45, 7) is -5.20. The molecule has 0 aliphatic carbocycles. The van der Waals surface area contributed by atoms with Gasteiger partial charge in [-0.2, -0.15) is 0 Å². The number of rotatable bonds is 2. The van der Waals surface area contributed by atoms with E-state index < -0.39 is 18.2 Å². The lowest BCUT2D eigenvalue weighted by Crippen LogP contribution is -2.35. The third-order valence-corrected chi connectivity index (χ3v) is 1.15. The molecular formula is C5H3BF3O2-. The van der Waals surface area contributed by atoms with Crippen LogP contribution >= 0.6 is 0 Å². The van der Waals surface area contributed by atoms with Gasteiger partial charge >= 0.3 is 6.98 Å². The predicted molar refractivity (Wildman–Crippen MR) is 32.8 cm³/mol. The van der Waals surface area contributed by atoms with Crippen molar-refractivity contribution in [1.82, 2.24) is 0 Å². The van der Waals surface area contributed by atoms with Gasteiger partial charge < -0.3 is 17.4 Å². The fourth-order valence-corrected chi connectivity index (χ4v) is 0.694. The van der Waals surface area contributed by atoms with Crippen LogP contribution in [0.2, 0.25) is 0 Å². The molecule has 11 heavy (non-hydrogen) atoms. The maximum absolute atomic E-state index is 11.9. The first-order chi connectivity index (χ1) is 5.05. The minimum atomic E-state index is -5.20. The van der Waals surface area contributed by atoms with Gasteiger partial charge in [0.05, 0.1) is 11.9 Å². The van der Waals surface area contributed by atoms with Crippen molar-refractivity contribution in [2.75, 3.05) is 0 Å². The van der Waals surface area contributed by atoms with Crippen LogP contribution in [0.4, 0.5) is 12.9 Å². The minimum absolute atomic E-state index is 0.119. The second-order valence-electron chi connectivity index (χ2n) is 1.93. The van der Waals surface area contributed by atoms with Crippen molar-refractivity contribution < 1.29 is 22.2 Å². The number of carbonyl (C=O) groups excluding carboxylic acids is 1. The Labute approximate surface area is 60.1 Å². The lowest BCUT2D eigenvalue weighted by molar-refractivity contribution is 0.112. The molecule has 0 N–H and O–H groups in total. The first-order valence-corrected chi connectivity index (χ1v) is 2.78. The molecule has 0 bridgehead atoms. The number of halogens is 3. The molecule has 0 atom stereocenters. The van der Waals surface area contributed by atoms with Crippen LogP contribution in [0, 0.1) is 0 Å². The standard InChI is InChI=1S/C5H3BF3O2/c7-6(8,9)5-4(3-10)1-2-11-5/h1-3H/q-1. The van der Waals surface area contributed by atoms with E-state index in [2.05, 4.69) is 4.42 Å². The summed E-state index contributed by atoms with van der Waals surface area (Å²) in [6, 6.07) is 0.984. The van der Waals surface area contributed by atoms with Crippen LogP contribution in [0.15, 0.2) is 16.7 Å². The van der Waals surface area contributed by atoms with Gasteiger partial charge in [-0.3, -0.25) is 4.79 Å². The zero-order valence-electron chi connectivity index (χ0n) is 5.26. The molecule has 0 fully saturated rings. The van der Waals surface area contributed by atoms with Crippen LogP contribution in [-0.4, -0.2) is 13.3 Å². The van der Waals surface area contributed by atoms with E-state index in [-0.39, 0.29) is 6.29 Å². The lowest BCUT2D eigenvalue weighted by atomic mass is 9.85. The van der Waals surface area contributed by atoms with Crippen LogP contribution in [0.5, 0.6) is 0 Å². The Bertz CT molecular complexity index is 265. The molecule has 0 saturated heterocycles. The molecule has 0 radical (unpaired) electrons. The molecule has 6 heteroatoms. The average Bonchev–Trinajstić information content (AvgIpc) is 2.31. The average molecular weight is 163 g/mol. The third-order valence-electron chi connectivity index (χ3n) is 1.15. The smallest absolute Gasteiger partial charge is 0.500 e. The first-order valence-electron chi connectivity index (χ1n) is 2.78. The van der Waals surface area contributed by atoms with Crippen molar-refractivity contribution in [1.29, 1.82) is 0 Å². The number of carbonyl (C=O) groups is 1. The SMILES string of the molecule is O=Cc1ccoc1[B-](F)(F)F. The molecular weight excluding hydrogens is 160 g/mol. The van der Waals surface area contributed by atoms with Crippen molar-refractivity contribution in [3.63, 3.8) is 0 Å². The maximum atomic E-state index is 11.9. The number of aldehydes is 1. The molecule has 0 unspecified atom stereocenters. The third kappa shape index (κ3) is 1.44. The second-order valence-corrected chi connectivity index (χ2v) is 1.93. The highest BCUT2D eigenvalue weighted by Gasteiger charge is 2.32. The van der Waals surface area contributed by atoms with E-state index in [1.54, 1.807) is 0 Å². The lowest BCUT2D eigenvalue weighted by Gasteiger charge is -2.10. The quantitative estimate of drug-likeness (QED) is 0.483. The van der Waals surface area contributed by atoms with E-state index in [1.807, 2.05) is 0 Å².